The van der Waals surface area contributed by atoms with E-state index >= 15 is 0 Å². The molecule has 0 radical (unpaired) electrons. The average molecular weight is 295 g/mol. The van der Waals surface area contributed by atoms with E-state index in [4.69, 9.17) is 10.5 Å². The fraction of sp³-hybridized carbons (Fsp3) is 0.667. The molecule has 3 N–H and O–H groups in total. The van der Waals surface area contributed by atoms with Crippen LogP contribution in [0.3, 0.4) is 0 Å². The van der Waals surface area contributed by atoms with E-state index in [-0.39, 0.29) is 5.33 Å². The zero-order chi connectivity index (χ0) is 12.9. The third-order valence-electron chi connectivity index (χ3n) is 1.40. The van der Waals surface area contributed by atoms with Crippen LogP contribution in [0.25, 0.3) is 0 Å². The van der Waals surface area contributed by atoms with Gasteiger partial charge in [-0.2, -0.15) is 0 Å². The lowest BCUT2D eigenvalue weighted by Gasteiger charge is -2.21. The predicted octanol–water partition coefficient (Wildman–Crippen LogP) is 0.329. The molecule has 16 heavy (non-hydrogen) atoms. The Morgan fingerprint density at radius 2 is 1.88 bits per heavy atom. The molecule has 0 aromatic rings. The molecule has 0 rings (SSSR count). The molecule has 0 saturated carbocycles. The molecule has 1 atom stereocenters. The molecular weight excluding hydrogens is 280 g/mol. The normalized spacial score (nSPS) is 12.8. The lowest BCUT2D eigenvalue weighted by atomic mass is 10.2. The molecule has 1 unspecified atom stereocenters. The maximum atomic E-state index is 11.3. The molecule has 0 aliphatic carbocycles. The number of Topliss-reactive ketones (excluding diaryl/α,β-unsaturated/α-hetero) is 1. The summed E-state index contributed by atoms with van der Waals surface area (Å²) >= 11 is 2.89. The van der Waals surface area contributed by atoms with Crippen LogP contribution in [0.15, 0.2) is 0 Å². The van der Waals surface area contributed by atoms with Crippen LogP contribution in [-0.4, -0.2) is 34.8 Å². The van der Waals surface area contributed by atoms with Crippen LogP contribution in [0, 0.1) is 0 Å². The first-order valence-electron chi connectivity index (χ1n) is 4.55. The second-order valence-electron chi connectivity index (χ2n) is 4.08. The van der Waals surface area contributed by atoms with Gasteiger partial charge in [-0.25, -0.2) is 4.79 Å². The van der Waals surface area contributed by atoms with Crippen LogP contribution in [0.4, 0.5) is 4.79 Å². The van der Waals surface area contributed by atoms with E-state index in [0.29, 0.717) is 0 Å². The van der Waals surface area contributed by atoms with Crippen LogP contribution in [0.2, 0.25) is 0 Å². The van der Waals surface area contributed by atoms with Crippen molar-refractivity contribution in [1.29, 1.82) is 0 Å². The maximum Gasteiger partial charge on any atom is 0.408 e. The minimum atomic E-state index is -1.37. The molecule has 0 aliphatic heterocycles. The van der Waals surface area contributed by atoms with Gasteiger partial charge in [-0.3, -0.25) is 9.59 Å². The molecule has 0 aliphatic rings. The minimum absolute atomic E-state index is 0.0730. The van der Waals surface area contributed by atoms with Gasteiger partial charge >= 0.3 is 6.09 Å². The number of primary amides is 1. The van der Waals surface area contributed by atoms with Crippen molar-refractivity contribution >= 4 is 33.7 Å². The number of hydrogen-bond donors (Lipinski definition) is 2. The number of ether oxygens (including phenoxy) is 1. The van der Waals surface area contributed by atoms with E-state index < -0.39 is 29.4 Å². The first kappa shape index (κ1) is 14.9. The van der Waals surface area contributed by atoms with E-state index in [1.807, 2.05) is 0 Å². The van der Waals surface area contributed by atoms with Gasteiger partial charge in [0.25, 0.3) is 0 Å². The van der Waals surface area contributed by atoms with Gasteiger partial charge in [0.2, 0.25) is 5.91 Å². The molecule has 0 aromatic heterocycles. The second kappa shape index (κ2) is 5.83. The SMILES string of the molecule is CC(C)(C)OC(=O)NC(C(N)=O)C(=O)CBr. The molecule has 0 saturated heterocycles. The quantitative estimate of drug-likeness (QED) is 0.576. The summed E-state index contributed by atoms with van der Waals surface area (Å²) in [6, 6.07) is -1.37. The molecule has 0 aromatic carbocycles. The number of carbonyl (C=O) groups is 3. The van der Waals surface area contributed by atoms with Crippen molar-refractivity contribution in [2.24, 2.45) is 5.73 Å². The largest absolute Gasteiger partial charge is 0.444 e. The maximum absolute atomic E-state index is 11.3. The van der Waals surface area contributed by atoms with Crippen molar-refractivity contribution in [3.63, 3.8) is 0 Å². The Bertz CT molecular complexity index is 298. The summed E-state index contributed by atoms with van der Waals surface area (Å²) in [6.07, 6.45) is -0.856. The summed E-state index contributed by atoms with van der Waals surface area (Å²) in [5.74, 6) is -1.45. The molecule has 92 valence electrons. The highest BCUT2D eigenvalue weighted by molar-refractivity contribution is 9.09. The topological polar surface area (TPSA) is 98.5 Å². The fourth-order valence-electron chi connectivity index (χ4n) is 0.813. The third kappa shape index (κ3) is 5.69. The lowest BCUT2D eigenvalue weighted by Crippen LogP contribution is -2.51. The smallest absolute Gasteiger partial charge is 0.408 e. The monoisotopic (exact) mass is 294 g/mol. The number of hydrogen-bond acceptors (Lipinski definition) is 4. The molecule has 6 nitrogen and oxygen atoms in total. The average Bonchev–Trinajstić information content (AvgIpc) is 2.09. The summed E-state index contributed by atoms with van der Waals surface area (Å²) in [7, 11) is 0. The highest BCUT2D eigenvalue weighted by Crippen LogP contribution is 2.06. The number of carbonyl (C=O) groups excluding carboxylic acids is 3. The van der Waals surface area contributed by atoms with E-state index in [1.54, 1.807) is 20.8 Å². The van der Waals surface area contributed by atoms with Crippen molar-refractivity contribution in [2.75, 3.05) is 5.33 Å². The van der Waals surface area contributed by atoms with Crippen LogP contribution in [0.5, 0.6) is 0 Å². The highest BCUT2D eigenvalue weighted by Gasteiger charge is 2.27. The number of nitrogens with one attached hydrogen (secondary N) is 1. The number of alkyl halides is 1. The third-order valence-corrected chi connectivity index (χ3v) is 1.95. The Morgan fingerprint density at radius 1 is 1.38 bits per heavy atom. The van der Waals surface area contributed by atoms with Crippen molar-refractivity contribution in [2.45, 2.75) is 32.4 Å². The van der Waals surface area contributed by atoms with Crippen molar-refractivity contribution in [3.8, 4) is 0 Å². The van der Waals surface area contributed by atoms with Gasteiger partial charge in [0.05, 0.1) is 5.33 Å². The summed E-state index contributed by atoms with van der Waals surface area (Å²) in [5, 5.41) is 2.04. The van der Waals surface area contributed by atoms with Crippen LogP contribution in [0.1, 0.15) is 20.8 Å². The molecular formula is C9H15BrN2O4. The zero-order valence-corrected chi connectivity index (χ0v) is 11.0. The summed E-state index contributed by atoms with van der Waals surface area (Å²) in [6.45, 7) is 4.99. The summed E-state index contributed by atoms with van der Waals surface area (Å²) in [4.78, 5) is 33.4. The Kier molecular flexibility index (Phi) is 5.43. The van der Waals surface area contributed by atoms with Crippen molar-refractivity contribution in [1.82, 2.24) is 5.32 Å². The number of nitrogens with two attached hydrogens (primary N) is 1. The van der Waals surface area contributed by atoms with E-state index in [2.05, 4.69) is 21.2 Å². The Morgan fingerprint density at radius 3 is 2.19 bits per heavy atom. The number of halogens is 1. The molecule has 0 heterocycles. The molecule has 7 heteroatoms. The number of amides is 2. The van der Waals surface area contributed by atoms with Gasteiger partial charge in [0.15, 0.2) is 11.8 Å². The Hall–Kier alpha value is -1.11. The van der Waals surface area contributed by atoms with Crippen LogP contribution >= 0.6 is 15.9 Å². The molecule has 0 bridgehead atoms. The Balaban J connectivity index is 4.48. The van der Waals surface area contributed by atoms with E-state index in [9.17, 15) is 14.4 Å². The molecule has 0 spiro atoms. The highest BCUT2D eigenvalue weighted by atomic mass is 79.9. The number of rotatable bonds is 4. The zero-order valence-electron chi connectivity index (χ0n) is 9.37. The minimum Gasteiger partial charge on any atom is -0.444 e. The number of alkyl carbamates (subject to hydrolysis) is 1. The van der Waals surface area contributed by atoms with Crippen molar-refractivity contribution in [3.05, 3.63) is 0 Å². The molecule has 0 fully saturated rings. The van der Waals surface area contributed by atoms with Gasteiger partial charge in [0.1, 0.15) is 5.60 Å². The standard InChI is InChI=1S/C9H15BrN2O4/c1-9(2,3)16-8(15)12-6(7(11)14)5(13)4-10/h6H,4H2,1-3H3,(H2,11,14)(H,12,15). The van der Waals surface area contributed by atoms with E-state index in [0.717, 1.165) is 0 Å². The number of ketones is 1. The Labute approximate surface area is 102 Å². The first-order valence-corrected chi connectivity index (χ1v) is 5.67. The van der Waals surface area contributed by atoms with Gasteiger partial charge in [-0.05, 0) is 20.8 Å². The van der Waals surface area contributed by atoms with Crippen molar-refractivity contribution < 1.29 is 19.1 Å². The second-order valence-corrected chi connectivity index (χ2v) is 4.64. The van der Waals surface area contributed by atoms with Crippen LogP contribution < -0.4 is 11.1 Å². The summed E-state index contributed by atoms with van der Waals surface area (Å²) < 4.78 is 4.89. The predicted molar refractivity (Wildman–Crippen MR) is 61.2 cm³/mol. The summed E-state index contributed by atoms with van der Waals surface area (Å²) in [5.41, 5.74) is 4.27. The lowest BCUT2D eigenvalue weighted by molar-refractivity contribution is -0.128. The fourth-order valence-corrected chi connectivity index (χ4v) is 1.14. The van der Waals surface area contributed by atoms with E-state index in [1.165, 1.54) is 0 Å². The van der Waals surface area contributed by atoms with Gasteiger partial charge in [-0.1, -0.05) is 15.9 Å². The van der Waals surface area contributed by atoms with Crippen LogP contribution in [-0.2, 0) is 14.3 Å². The van der Waals surface area contributed by atoms with Gasteiger partial charge < -0.3 is 15.8 Å². The molecule has 2 amide bonds. The van der Waals surface area contributed by atoms with Gasteiger partial charge in [0, 0.05) is 0 Å². The van der Waals surface area contributed by atoms with Gasteiger partial charge in [-0.15, -0.1) is 0 Å². The first-order chi connectivity index (χ1) is 7.17.